The highest BCUT2D eigenvalue weighted by Gasteiger charge is 2.48. The molecule has 3 aromatic rings. The smallest absolute Gasteiger partial charge is 0.350 e. The van der Waals surface area contributed by atoms with E-state index in [0.29, 0.717) is 40.4 Å². The summed E-state index contributed by atoms with van der Waals surface area (Å²) in [4.78, 5) is 45.2. The van der Waals surface area contributed by atoms with E-state index in [1.165, 1.54) is 11.0 Å². The molecule has 38 heavy (non-hydrogen) atoms. The molecule has 2 aliphatic rings. The Hall–Kier alpha value is -3.96. The van der Waals surface area contributed by atoms with Gasteiger partial charge in [-0.2, -0.15) is 0 Å². The Balaban J connectivity index is 1.65. The lowest BCUT2D eigenvalue weighted by Crippen LogP contribution is -2.29. The molecule has 0 aliphatic carbocycles. The van der Waals surface area contributed by atoms with Crippen molar-refractivity contribution in [1.82, 2.24) is 4.98 Å². The number of carbonyl (C=O) groups excluding carboxylic acids is 3. The van der Waals surface area contributed by atoms with Gasteiger partial charge in [0.25, 0.3) is 5.78 Å². The fourth-order valence-corrected chi connectivity index (χ4v) is 5.65. The van der Waals surface area contributed by atoms with E-state index in [1.807, 2.05) is 0 Å². The SMILES string of the molecule is C=CCOC(=O)c1sc(N2C(=O)C(=O)C(=C(O)c3ccc4c(c3)OCCO4)C2c2cccc(Br)c2)nc1C. The number of Topliss-reactive ketones (excluding diaryl/α,β-unsaturated/α-hetero) is 1. The number of anilines is 1. The molecular weight excluding hydrogens is 576 g/mol. The van der Waals surface area contributed by atoms with Crippen molar-refractivity contribution in [3.05, 3.63) is 86.9 Å². The number of aliphatic hydroxyl groups excluding tert-OH is 1. The minimum atomic E-state index is -1.01. The molecule has 1 amide bonds. The summed E-state index contributed by atoms with van der Waals surface area (Å²) in [5, 5.41) is 11.5. The molecule has 194 valence electrons. The van der Waals surface area contributed by atoms with E-state index in [-0.39, 0.29) is 33.5 Å². The van der Waals surface area contributed by atoms with Crippen LogP contribution in [0.15, 0.2) is 65.2 Å². The fourth-order valence-electron chi connectivity index (χ4n) is 4.24. The number of amides is 1. The quantitative estimate of drug-likeness (QED) is 0.140. The number of hydrogen-bond donors (Lipinski definition) is 1. The van der Waals surface area contributed by atoms with Crippen LogP contribution >= 0.6 is 27.3 Å². The Morgan fingerprint density at radius 1 is 1.24 bits per heavy atom. The van der Waals surface area contributed by atoms with Crippen molar-refractivity contribution in [3.63, 3.8) is 0 Å². The third-order valence-corrected chi connectivity index (χ3v) is 7.56. The Morgan fingerprint density at radius 2 is 2.00 bits per heavy atom. The van der Waals surface area contributed by atoms with Gasteiger partial charge in [-0.05, 0) is 42.8 Å². The summed E-state index contributed by atoms with van der Waals surface area (Å²) in [5.41, 5.74) is 1.08. The van der Waals surface area contributed by atoms with E-state index in [2.05, 4.69) is 27.5 Å². The third-order valence-electron chi connectivity index (χ3n) is 5.93. The van der Waals surface area contributed by atoms with Gasteiger partial charge in [0.1, 0.15) is 30.5 Å². The number of benzene rings is 2. The van der Waals surface area contributed by atoms with Gasteiger partial charge in [-0.3, -0.25) is 14.5 Å². The van der Waals surface area contributed by atoms with Crippen molar-refractivity contribution >= 4 is 55.8 Å². The zero-order chi connectivity index (χ0) is 27.0. The first-order valence-electron chi connectivity index (χ1n) is 11.5. The number of esters is 1. The first kappa shape index (κ1) is 25.7. The topological polar surface area (TPSA) is 115 Å². The number of fused-ring (bicyclic) bond motifs is 1. The normalized spacial score (nSPS) is 17.9. The second-order valence-corrected chi connectivity index (χ2v) is 10.3. The fraction of sp³-hybridized carbons (Fsp3) is 0.185. The average Bonchev–Trinajstić information content (AvgIpc) is 3.43. The number of rotatable bonds is 6. The van der Waals surface area contributed by atoms with Gasteiger partial charge >= 0.3 is 11.9 Å². The predicted octanol–water partition coefficient (Wildman–Crippen LogP) is 4.95. The lowest BCUT2D eigenvalue weighted by molar-refractivity contribution is -0.132. The van der Waals surface area contributed by atoms with Crippen LogP contribution in [0.1, 0.15) is 32.5 Å². The number of thiazole rings is 1. The van der Waals surface area contributed by atoms with Gasteiger partial charge in [0, 0.05) is 10.0 Å². The largest absolute Gasteiger partial charge is 0.507 e. The van der Waals surface area contributed by atoms with Crippen molar-refractivity contribution in [1.29, 1.82) is 0 Å². The Bertz CT molecular complexity index is 1510. The summed E-state index contributed by atoms with van der Waals surface area (Å²) >= 11 is 4.37. The molecule has 5 rings (SSSR count). The lowest BCUT2D eigenvalue weighted by Gasteiger charge is -2.23. The molecule has 0 bridgehead atoms. The predicted molar refractivity (Wildman–Crippen MR) is 144 cm³/mol. The summed E-state index contributed by atoms with van der Waals surface area (Å²) in [6.07, 6.45) is 1.44. The minimum absolute atomic E-state index is 0.0175. The van der Waals surface area contributed by atoms with E-state index in [4.69, 9.17) is 14.2 Å². The average molecular weight is 597 g/mol. The number of aromatic nitrogens is 1. The van der Waals surface area contributed by atoms with Crippen molar-refractivity contribution in [3.8, 4) is 11.5 Å². The monoisotopic (exact) mass is 596 g/mol. The maximum atomic E-state index is 13.4. The second kappa shape index (κ2) is 10.4. The van der Waals surface area contributed by atoms with E-state index in [0.717, 1.165) is 11.3 Å². The van der Waals surface area contributed by atoms with Gasteiger partial charge in [-0.1, -0.05) is 52.1 Å². The maximum absolute atomic E-state index is 13.4. The summed E-state index contributed by atoms with van der Waals surface area (Å²) in [6.45, 7) is 5.92. The van der Waals surface area contributed by atoms with Gasteiger partial charge in [0.2, 0.25) is 0 Å². The molecule has 2 aromatic carbocycles. The third kappa shape index (κ3) is 4.59. The van der Waals surface area contributed by atoms with Crippen molar-refractivity contribution < 1.29 is 33.7 Å². The molecule has 0 spiro atoms. The standard InChI is InChI=1S/C27H21BrN2O7S/c1-3-9-37-26(34)24-14(2)29-27(38-24)30-21(15-5-4-6-17(28)12-15)20(23(32)25(30)33)22(31)16-7-8-18-19(13-16)36-11-10-35-18/h3-8,12-13,21,31H,1,9-11H2,2H3. The van der Waals surface area contributed by atoms with Gasteiger partial charge in [0.05, 0.1) is 17.3 Å². The first-order chi connectivity index (χ1) is 18.3. The van der Waals surface area contributed by atoms with Crippen LogP contribution in [0.25, 0.3) is 5.76 Å². The highest BCUT2D eigenvalue weighted by Crippen LogP contribution is 2.45. The lowest BCUT2D eigenvalue weighted by atomic mass is 9.95. The van der Waals surface area contributed by atoms with Crippen LogP contribution in [0.3, 0.4) is 0 Å². The zero-order valence-electron chi connectivity index (χ0n) is 20.1. The summed E-state index contributed by atoms with van der Waals surface area (Å²) in [7, 11) is 0. The molecule has 1 aromatic heterocycles. The minimum Gasteiger partial charge on any atom is -0.507 e. The maximum Gasteiger partial charge on any atom is 0.350 e. The Labute approximate surface area is 230 Å². The molecule has 11 heteroatoms. The van der Waals surface area contributed by atoms with E-state index in [9.17, 15) is 19.5 Å². The van der Waals surface area contributed by atoms with Gasteiger partial charge < -0.3 is 19.3 Å². The molecule has 0 radical (unpaired) electrons. The number of carbonyl (C=O) groups is 3. The number of ether oxygens (including phenoxy) is 3. The van der Waals surface area contributed by atoms with Gasteiger partial charge in [0.15, 0.2) is 16.6 Å². The Kier molecular flexibility index (Phi) is 7.04. The molecule has 2 aliphatic heterocycles. The molecule has 1 N–H and O–H groups in total. The molecule has 3 heterocycles. The van der Waals surface area contributed by atoms with E-state index >= 15 is 0 Å². The van der Waals surface area contributed by atoms with Gasteiger partial charge in [-0.25, -0.2) is 9.78 Å². The van der Waals surface area contributed by atoms with Crippen LogP contribution in [0.2, 0.25) is 0 Å². The van der Waals surface area contributed by atoms with E-state index < -0.39 is 23.7 Å². The molecule has 1 fully saturated rings. The number of halogens is 1. The summed E-state index contributed by atoms with van der Waals surface area (Å²) in [5.74, 6) is -1.80. The van der Waals surface area contributed by atoms with Crippen molar-refractivity contribution in [2.24, 2.45) is 0 Å². The van der Waals surface area contributed by atoms with Gasteiger partial charge in [-0.15, -0.1) is 0 Å². The molecule has 1 saturated heterocycles. The second-order valence-electron chi connectivity index (χ2n) is 8.38. The van der Waals surface area contributed by atoms with Crippen LogP contribution in [-0.4, -0.2) is 47.6 Å². The highest BCUT2D eigenvalue weighted by molar-refractivity contribution is 9.10. The summed E-state index contributed by atoms with van der Waals surface area (Å²) in [6, 6.07) is 10.8. The molecule has 0 saturated carbocycles. The van der Waals surface area contributed by atoms with Crippen LogP contribution in [0.5, 0.6) is 11.5 Å². The van der Waals surface area contributed by atoms with Crippen molar-refractivity contribution in [2.45, 2.75) is 13.0 Å². The van der Waals surface area contributed by atoms with E-state index in [1.54, 1.807) is 49.4 Å². The Morgan fingerprint density at radius 3 is 2.74 bits per heavy atom. The summed E-state index contributed by atoms with van der Waals surface area (Å²) < 4.78 is 17.0. The number of ketones is 1. The van der Waals surface area contributed by atoms with Crippen molar-refractivity contribution in [2.75, 3.05) is 24.7 Å². The molecular formula is C27H21BrN2O7S. The van der Waals surface area contributed by atoms with Crippen LogP contribution in [0, 0.1) is 6.92 Å². The molecule has 1 unspecified atom stereocenters. The van der Waals surface area contributed by atoms with Crippen LogP contribution in [0.4, 0.5) is 5.13 Å². The number of aliphatic hydroxyl groups is 1. The van der Waals surface area contributed by atoms with Crippen LogP contribution < -0.4 is 14.4 Å². The molecule has 9 nitrogen and oxygen atoms in total. The number of nitrogens with zero attached hydrogens (tertiary/aromatic N) is 2. The molecule has 1 atom stereocenters. The van der Waals surface area contributed by atoms with Crippen LogP contribution in [-0.2, 0) is 14.3 Å². The zero-order valence-corrected chi connectivity index (χ0v) is 22.5. The highest BCUT2D eigenvalue weighted by atomic mass is 79.9. The first-order valence-corrected chi connectivity index (χ1v) is 13.1. The number of aryl methyl sites for hydroxylation is 1. The number of hydrogen-bond acceptors (Lipinski definition) is 9.